The van der Waals surface area contributed by atoms with Crippen LogP contribution in [0.15, 0.2) is 16.6 Å². The highest BCUT2D eigenvalue weighted by atomic mass is 79.9. The minimum Gasteiger partial charge on any atom is -0.477 e. The maximum atomic E-state index is 10.8. The molecule has 2 rings (SSSR count). The van der Waals surface area contributed by atoms with E-state index in [0.29, 0.717) is 14.5 Å². The Hall–Kier alpha value is -0.530. The quantitative estimate of drug-likeness (QED) is 0.701. The molecule has 0 aliphatic heterocycles. The molecule has 4 nitrogen and oxygen atoms in total. The Labute approximate surface area is 135 Å². The second kappa shape index (κ2) is 5.85. The molecule has 1 N–H and O–H groups in total. The third kappa shape index (κ3) is 3.32. The monoisotopic (exact) mass is 401 g/mol. The number of nitrogens with zero attached hydrogens (tertiary/aromatic N) is 1. The molecule has 0 saturated heterocycles. The Kier molecular flexibility index (Phi) is 4.58. The van der Waals surface area contributed by atoms with Gasteiger partial charge in [0, 0.05) is 10.5 Å². The van der Waals surface area contributed by atoms with E-state index in [4.69, 9.17) is 44.6 Å². The van der Waals surface area contributed by atoms with Crippen LogP contribution < -0.4 is 4.74 Å². The summed E-state index contributed by atoms with van der Waals surface area (Å²) in [5, 5.41) is 9.50. The van der Waals surface area contributed by atoms with Gasteiger partial charge in [-0.2, -0.15) is 4.98 Å². The number of carbonyl (C=O) groups is 1. The average molecular weight is 403 g/mol. The normalized spacial score (nSPS) is 10.5. The lowest BCUT2D eigenvalue weighted by Gasteiger charge is -2.05. The van der Waals surface area contributed by atoms with Gasteiger partial charge < -0.3 is 9.84 Å². The fourth-order valence-electron chi connectivity index (χ4n) is 1.14. The van der Waals surface area contributed by atoms with E-state index in [9.17, 15) is 4.79 Å². The Morgan fingerprint density at radius 1 is 1.32 bits per heavy atom. The van der Waals surface area contributed by atoms with Crippen LogP contribution in [0.3, 0.4) is 0 Å². The molecule has 0 aliphatic rings. The van der Waals surface area contributed by atoms with E-state index in [-0.39, 0.29) is 21.0 Å². The van der Waals surface area contributed by atoms with Crippen LogP contribution in [-0.4, -0.2) is 16.1 Å². The average Bonchev–Trinajstić information content (AvgIpc) is 2.67. The van der Waals surface area contributed by atoms with E-state index in [2.05, 4.69) is 20.9 Å². The van der Waals surface area contributed by atoms with Gasteiger partial charge in [-0.3, -0.25) is 0 Å². The van der Waals surface area contributed by atoms with E-state index in [1.165, 1.54) is 6.07 Å². The first-order chi connectivity index (χ1) is 8.88. The Bertz CT molecular complexity index is 662. The smallest absolute Gasteiger partial charge is 0.349 e. The Balaban J connectivity index is 2.34. The zero-order chi connectivity index (χ0) is 14.2. The molecule has 1 aromatic carbocycles. The third-order valence-corrected chi connectivity index (χ3v) is 4.73. The topological polar surface area (TPSA) is 59.4 Å². The van der Waals surface area contributed by atoms with Crippen LogP contribution in [0.25, 0.3) is 0 Å². The summed E-state index contributed by atoms with van der Waals surface area (Å²) in [6.07, 6.45) is 0. The molecular formula is C10H3BrCl3NO3S. The minimum atomic E-state index is -1.17. The van der Waals surface area contributed by atoms with Crippen molar-refractivity contribution in [1.29, 1.82) is 0 Å². The molecule has 19 heavy (non-hydrogen) atoms. The number of carboxylic acids is 1. The first-order valence-corrected chi connectivity index (χ1v) is 7.35. The van der Waals surface area contributed by atoms with Gasteiger partial charge in [-0.1, -0.05) is 46.1 Å². The molecule has 1 aromatic heterocycles. The molecule has 0 unspecified atom stereocenters. The van der Waals surface area contributed by atoms with Crippen molar-refractivity contribution in [1.82, 2.24) is 4.98 Å². The molecular weight excluding hydrogens is 400 g/mol. The second-order valence-corrected chi connectivity index (χ2v) is 6.19. The zero-order valence-electron chi connectivity index (χ0n) is 8.79. The van der Waals surface area contributed by atoms with E-state index >= 15 is 0 Å². The van der Waals surface area contributed by atoms with Gasteiger partial charge in [0.15, 0.2) is 15.8 Å². The molecule has 0 aliphatic carbocycles. The summed E-state index contributed by atoms with van der Waals surface area (Å²) in [5.41, 5.74) is 0. The van der Waals surface area contributed by atoms with Crippen LogP contribution in [0.4, 0.5) is 0 Å². The van der Waals surface area contributed by atoms with E-state index in [0.717, 1.165) is 11.3 Å². The lowest BCUT2D eigenvalue weighted by Crippen LogP contribution is -1.91. The van der Waals surface area contributed by atoms with Crippen molar-refractivity contribution < 1.29 is 14.6 Å². The number of hydrogen-bond acceptors (Lipinski definition) is 4. The number of benzene rings is 1. The largest absolute Gasteiger partial charge is 0.477 e. The molecule has 0 saturated carbocycles. The molecule has 0 radical (unpaired) electrons. The summed E-state index contributed by atoms with van der Waals surface area (Å²) >= 11 is 21.6. The molecule has 0 fully saturated rings. The van der Waals surface area contributed by atoms with Crippen LogP contribution in [0.2, 0.25) is 15.2 Å². The van der Waals surface area contributed by atoms with Crippen molar-refractivity contribution in [3.8, 4) is 10.9 Å². The summed E-state index contributed by atoms with van der Waals surface area (Å²) in [7, 11) is 0. The molecule has 0 bridgehead atoms. The lowest BCUT2D eigenvalue weighted by molar-refractivity contribution is 0.0702. The van der Waals surface area contributed by atoms with Crippen LogP contribution in [0.5, 0.6) is 10.9 Å². The fourth-order valence-corrected chi connectivity index (χ4v) is 2.95. The molecule has 9 heteroatoms. The van der Waals surface area contributed by atoms with Gasteiger partial charge in [0.25, 0.3) is 5.19 Å². The highest BCUT2D eigenvalue weighted by molar-refractivity contribution is 9.10. The van der Waals surface area contributed by atoms with Gasteiger partial charge in [-0.15, -0.1) is 0 Å². The Morgan fingerprint density at radius 2 is 2.00 bits per heavy atom. The first-order valence-electron chi connectivity index (χ1n) is 4.60. The zero-order valence-corrected chi connectivity index (χ0v) is 13.5. The van der Waals surface area contributed by atoms with Crippen molar-refractivity contribution in [2.45, 2.75) is 0 Å². The fraction of sp³-hybridized carbons (Fsp3) is 0. The van der Waals surface area contributed by atoms with Gasteiger partial charge in [-0.05, 0) is 22.0 Å². The number of ether oxygens (including phenoxy) is 1. The molecule has 1 heterocycles. The highest BCUT2D eigenvalue weighted by Crippen LogP contribution is 2.38. The standard InChI is InChI=1S/C10H3BrCl3NO3S/c11-3-1-5(13)6(2-4(3)12)18-10-15-8(14)7(19-10)9(16)17/h1-2H,(H,16,17). The summed E-state index contributed by atoms with van der Waals surface area (Å²) in [5.74, 6) is -0.908. The molecule has 2 aromatic rings. The SMILES string of the molecule is O=C(O)c1sc(Oc2cc(Cl)c(Br)cc2Cl)nc1Cl. The predicted molar refractivity (Wildman–Crippen MR) is 78.3 cm³/mol. The minimum absolute atomic E-state index is 0.0719. The number of aromatic nitrogens is 1. The van der Waals surface area contributed by atoms with Gasteiger partial charge >= 0.3 is 5.97 Å². The molecule has 0 atom stereocenters. The third-order valence-electron chi connectivity index (χ3n) is 1.93. The molecule has 0 amide bonds. The maximum absolute atomic E-state index is 10.8. The lowest BCUT2D eigenvalue weighted by atomic mass is 10.3. The van der Waals surface area contributed by atoms with E-state index < -0.39 is 5.97 Å². The summed E-state index contributed by atoms with van der Waals surface area (Å²) in [6, 6.07) is 3.05. The number of rotatable bonds is 3. The van der Waals surface area contributed by atoms with Gasteiger partial charge in [0.1, 0.15) is 0 Å². The van der Waals surface area contributed by atoms with Gasteiger partial charge in [0.2, 0.25) is 0 Å². The highest BCUT2D eigenvalue weighted by Gasteiger charge is 2.18. The van der Waals surface area contributed by atoms with E-state index in [1.54, 1.807) is 6.07 Å². The van der Waals surface area contributed by atoms with Crippen LogP contribution >= 0.6 is 62.1 Å². The predicted octanol–water partition coefficient (Wildman–Crippen LogP) is 5.36. The molecule has 100 valence electrons. The first kappa shape index (κ1) is 14.9. The van der Waals surface area contributed by atoms with Crippen LogP contribution in [0, 0.1) is 0 Å². The number of carboxylic acid groups (broad SMARTS) is 1. The number of halogens is 4. The van der Waals surface area contributed by atoms with Crippen molar-refractivity contribution in [3.05, 3.63) is 36.7 Å². The molecule has 0 spiro atoms. The summed E-state index contributed by atoms with van der Waals surface area (Å²) in [4.78, 5) is 14.5. The summed E-state index contributed by atoms with van der Waals surface area (Å²) < 4.78 is 6.00. The van der Waals surface area contributed by atoms with Gasteiger partial charge in [0.05, 0.1) is 10.0 Å². The van der Waals surface area contributed by atoms with Crippen LogP contribution in [0.1, 0.15) is 9.67 Å². The maximum Gasteiger partial charge on any atom is 0.349 e. The number of thiazole rings is 1. The summed E-state index contributed by atoms with van der Waals surface area (Å²) in [6.45, 7) is 0. The number of aromatic carboxylic acids is 1. The Morgan fingerprint density at radius 3 is 2.58 bits per heavy atom. The number of hydrogen-bond donors (Lipinski definition) is 1. The van der Waals surface area contributed by atoms with Gasteiger partial charge in [-0.25, -0.2) is 4.79 Å². The van der Waals surface area contributed by atoms with Crippen molar-refractivity contribution in [3.63, 3.8) is 0 Å². The van der Waals surface area contributed by atoms with Crippen LogP contribution in [-0.2, 0) is 0 Å². The second-order valence-electron chi connectivity index (χ2n) is 3.20. The van der Waals surface area contributed by atoms with Crippen molar-refractivity contribution in [2.24, 2.45) is 0 Å². The van der Waals surface area contributed by atoms with Crippen molar-refractivity contribution in [2.75, 3.05) is 0 Å². The van der Waals surface area contributed by atoms with Crippen molar-refractivity contribution >= 4 is 68.0 Å². The van der Waals surface area contributed by atoms with E-state index in [1.807, 2.05) is 0 Å².